The number of methoxy groups -OCH3 is 3. The van der Waals surface area contributed by atoms with Gasteiger partial charge in [-0.15, -0.1) is 0 Å². The zero-order valence-electron chi connectivity index (χ0n) is 29.8. The molecule has 3 amide bonds. The number of carboxylic acids is 1. The average Bonchev–Trinajstić information content (AvgIpc) is 3.84. The number of carbonyl (C=O) groups excluding carboxylic acids is 2. The van der Waals surface area contributed by atoms with Crippen molar-refractivity contribution in [3.63, 3.8) is 0 Å². The van der Waals surface area contributed by atoms with Crippen LogP contribution < -0.4 is 19.5 Å². The number of carbonyl (C=O) groups is 3. The molecule has 3 aliphatic heterocycles. The number of ether oxygens (including phenoxy) is 3. The van der Waals surface area contributed by atoms with E-state index in [1.165, 1.54) is 26.2 Å². The first kappa shape index (κ1) is 37.6. The number of carboxylic acid groups (broad SMARTS) is 1. The third-order valence-corrected chi connectivity index (χ3v) is 11.9. The molecule has 2 N–H and O–H groups in total. The lowest BCUT2D eigenvalue weighted by Gasteiger charge is -2.44. The summed E-state index contributed by atoms with van der Waals surface area (Å²) in [4.78, 5) is 45.2. The number of aliphatic carboxylic acids is 1. The molecule has 0 spiro atoms. The third-order valence-electron chi connectivity index (χ3n) is 11.2. The van der Waals surface area contributed by atoms with Gasteiger partial charge in [0, 0.05) is 43.7 Å². The Morgan fingerprint density at radius 1 is 0.846 bits per heavy atom. The van der Waals surface area contributed by atoms with Crippen molar-refractivity contribution >= 4 is 41.1 Å². The summed E-state index contributed by atoms with van der Waals surface area (Å²) < 4.78 is 16.5. The number of halogens is 2. The van der Waals surface area contributed by atoms with Gasteiger partial charge in [0.25, 0.3) is 5.91 Å². The summed E-state index contributed by atoms with van der Waals surface area (Å²) in [6.45, 7) is 3.67. The molecule has 0 radical (unpaired) electrons. The van der Waals surface area contributed by atoms with E-state index in [9.17, 15) is 19.5 Å². The first-order valence-corrected chi connectivity index (χ1v) is 18.4. The molecule has 0 saturated carbocycles. The second-order valence-electron chi connectivity index (χ2n) is 14.0. The number of piperidine rings is 1. The van der Waals surface area contributed by atoms with E-state index in [2.05, 4.69) is 10.2 Å². The van der Waals surface area contributed by atoms with Crippen LogP contribution in [0.4, 0.5) is 4.79 Å². The van der Waals surface area contributed by atoms with Crippen LogP contribution in [-0.2, 0) is 15.7 Å². The molecule has 3 aromatic carbocycles. The molecule has 2 atom stereocenters. The van der Waals surface area contributed by atoms with E-state index in [1.54, 1.807) is 12.1 Å². The molecular formula is C39H46Cl2N4O7. The van der Waals surface area contributed by atoms with Crippen molar-refractivity contribution in [1.82, 2.24) is 20.0 Å². The SMILES string of the molecule is COc1cc(C(=O)N2CCC(CCN3CCC(NC(=O)N4CCCC4C(=O)O)(c4ccccc4)CC3)(c3ccc(Cl)c(Cl)c3)C2)cc(OC)c1OC. The predicted molar refractivity (Wildman–Crippen MR) is 199 cm³/mol. The minimum absolute atomic E-state index is 0.134. The van der Waals surface area contributed by atoms with Gasteiger partial charge < -0.3 is 39.3 Å². The lowest BCUT2D eigenvalue weighted by Crippen LogP contribution is -2.57. The summed E-state index contributed by atoms with van der Waals surface area (Å²) in [5.41, 5.74) is 1.48. The Labute approximate surface area is 314 Å². The van der Waals surface area contributed by atoms with Crippen LogP contribution in [0.5, 0.6) is 17.2 Å². The minimum atomic E-state index is -0.970. The summed E-state index contributed by atoms with van der Waals surface area (Å²) in [6, 6.07) is 17.9. The van der Waals surface area contributed by atoms with Crippen LogP contribution in [0.2, 0.25) is 10.0 Å². The van der Waals surface area contributed by atoms with Gasteiger partial charge in [-0.3, -0.25) is 4.79 Å². The number of likely N-dealkylation sites (tertiary alicyclic amines) is 3. The highest BCUT2D eigenvalue weighted by molar-refractivity contribution is 6.42. The smallest absolute Gasteiger partial charge is 0.326 e. The van der Waals surface area contributed by atoms with Crippen LogP contribution in [0.1, 0.15) is 60.0 Å². The largest absolute Gasteiger partial charge is 0.493 e. The number of nitrogens with one attached hydrogen (secondary N) is 1. The minimum Gasteiger partial charge on any atom is -0.493 e. The Balaban J connectivity index is 1.20. The van der Waals surface area contributed by atoms with Gasteiger partial charge in [0.05, 0.1) is 36.9 Å². The van der Waals surface area contributed by atoms with Gasteiger partial charge in [0.1, 0.15) is 6.04 Å². The van der Waals surface area contributed by atoms with E-state index in [0.29, 0.717) is 78.2 Å². The van der Waals surface area contributed by atoms with E-state index in [0.717, 1.165) is 43.6 Å². The first-order valence-electron chi connectivity index (χ1n) is 17.7. The Kier molecular flexibility index (Phi) is 11.4. The number of amides is 3. The summed E-state index contributed by atoms with van der Waals surface area (Å²) in [6.07, 6.45) is 3.96. The van der Waals surface area contributed by atoms with Crippen molar-refractivity contribution in [2.45, 2.75) is 55.5 Å². The van der Waals surface area contributed by atoms with Crippen molar-refractivity contribution in [1.29, 1.82) is 0 Å². The lowest BCUT2D eigenvalue weighted by molar-refractivity contribution is -0.141. The highest BCUT2D eigenvalue weighted by Crippen LogP contribution is 2.43. The fourth-order valence-electron chi connectivity index (χ4n) is 8.16. The van der Waals surface area contributed by atoms with Gasteiger partial charge in [-0.25, -0.2) is 9.59 Å². The quantitative estimate of drug-likeness (QED) is 0.230. The van der Waals surface area contributed by atoms with Crippen molar-refractivity contribution in [2.24, 2.45) is 0 Å². The molecule has 3 saturated heterocycles. The maximum absolute atomic E-state index is 14.0. The van der Waals surface area contributed by atoms with Crippen molar-refractivity contribution in [3.8, 4) is 17.2 Å². The average molecular weight is 754 g/mol. The van der Waals surface area contributed by atoms with Crippen molar-refractivity contribution in [3.05, 3.63) is 87.4 Å². The zero-order chi connectivity index (χ0) is 37.0. The molecule has 0 bridgehead atoms. The number of hydrogen-bond acceptors (Lipinski definition) is 7. The van der Waals surface area contributed by atoms with Crippen LogP contribution in [0, 0.1) is 0 Å². The monoisotopic (exact) mass is 752 g/mol. The Morgan fingerprint density at radius 2 is 1.54 bits per heavy atom. The van der Waals surface area contributed by atoms with E-state index in [4.69, 9.17) is 37.4 Å². The fourth-order valence-corrected chi connectivity index (χ4v) is 8.46. The number of urea groups is 1. The third kappa shape index (κ3) is 7.49. The standard InChI is InChI=1S/C39H46Cl2N4O7/c1-50-32-22-26(23-33(51-2)34(32)52-3)35(46)44-21-14-38(25-44,28-11-12-29(40)30(41)24-28)13-18-43-19-15-39(16-20-43,27-8-5-4-6-9-27)42-37(49)45-17-7-10-31(45)36(47)48/h4-6,8-9,11-12,22-24,31H,7,10,13-21,25H2,1-3H3,(H,42,49)(H,47,48). The number of nitrogens with zero attached hydrogens (tertiary/aromatic N) is 3. The van der Waals surface area contributed by atoms with Crippen LogP contribution >= 0.6 is 23.2 Å². The lowest BCUT2D eigenvalue weighted by atomic mass is 9.76. The normalized spacial score (nSPS) is 21.5. The topological polar surface area (TPSA) is 121 Å². The van der Waals surface area contributed by atoms with E-state index < -0.39 is 17.6 Å². The summed E-state index contributed by atoms with van der Waals surface area (Å²) in [5, 5.41) is 14.0. The molecule has 6 rings (SSSR count). The van der Waals surface area contributed by atoms with Gasteiger partial charge in [-0.2, -0.15) is 0 Å². The molecule has 3 heterocycles. The Hall–Kier alpha value is -4.19. The number of hydrogen-bond donors (Lipinski definition) is 2. The van der Waals surface area contributed by atoms with Gasteiger partial charge >= 0.3 is 12.0 Å². The summed E-state index contributed by atoms with van der Waals surface area (Å²) >= 11 is 12.9. The molecule has 3 fully saturated rings. The molecule has 0 aromatic heterocycles. The van der Waals surface area contributed by atoms with Gasteiger partial charge in [0.2, 0.25) is 5.75 Å². The van der Waals surface area contributed by atoms with Crippen LogP contribution in [-0.4, -0.2) is 104 Å². The van der Waals surface area contributed by atoms with Crippen molar-refractivity contribution in [2.75, 3.05) is 60.6 Å². The molecule has 3 aliphatic rings. The molecule has 278 valence electrons. The predicted octanol–water partition coefficient (Wildman–Crippen LogP) is 6.44. The highest BCUT2D eigenvalue weighted by Gasteiger charge is 2.44. The van der Waals surface area contributed by atoms with E-state index in [-0.39, 0.29) is 17.4 Å². The molecule has 52 heavy (non-hydrogen) atoms. The molecule has 0 aliphatic carbocycles. The number of rotatable bonds is 11. The molecule has 11 nitrogen and oxygen atoms in total. The van der Waals surface area contributed by atoms with Gasteiger partial charge in [-0.1, -0.05) is 59.6 Å². The zero-order valence-corrected chi connectivity index (χ0v) is 31.3. The maximum atomic E-state index is 14.0. The maximum Gasteiger partial charge on any atom is 0.326 e. The Morgan fingerprint density at radius 3 is 2.15 bits per heavy atom. The molecule has 2 unspecified atom stereocenters. The summed E-state index contributed by atoms with van der Waals surface area (Å²) in [7, 11) is 4.58. The van der Waals surface area contributed by atoms with Gasteiger partial charge in [-0.05, 0) is 80.5 Å². The number of benzene rings is 3. The van der Waals surface area contributed by atoms with E-state index >= 15 is 0 Å². The molecule has 3 aromatic rings. The second-order valence-corrected chi connectivity index (χ2v) is 14.8. The highest BCUT2D eigenvalue weighted by atomic mass is 35.5. The molecular weight excluding hydrogens is 707 g/mol. The molecule has 13 heteroatoms. The van der Waals surface area contributed by atoms with Crippen LogP contribution in [0.3, 0.4) is 0 Å². The first-order chi connectivity index (χ1) is 25.0. The summed E-state index contributed by atoms with van der Waals surface area (Å²) in [5.74, 6) is 0.143. The second kappa shape index (κ2) is 15.8. The van der Waals surface area contributed by atoms with E-state index in [1.807, 2.05) is 53.4 Å². The van der Waals surface area contributed by atoms with Crippen molar-refractivity contribution < 1.29 is 33.7 Å². The van der Waals surface area contributed by atoms with Crippen LogP contribution in [0.15, 0.2) is 60.7 Å². The van der Waals surface area contributed by atoms with Crippen LogP contribution in [0.25, 0.3) is 0 Å². The van der Waals surface area contributed by atoms with Gasteiger partial charge in [0.15, 0.2) is 11.5 Å². The fraction of sp³-hybridized carbons (Fsp3) is 0.462. The Bertz CT molecular complexity index is 1760.